The Bertz CT molecular complexity index is 225. The van der Waals surface area contributed by atoms with Gasteiger partial charge in [0.25, 0.3) is 0 Å². The topological polar surface area (TPSA) is 86.6 Å². The minimum absolute atomic E-state index is 0.171. The Hall–Kier alpha value is -1.10. The quantitative estimate of drug-likeness (QED) is 0.572. The number of rotatable bonds is 5. The Labute approximate surface area is 82.1 Å². The summed E-state index contributed by atoms with van der Waals surface area (Å²) in [5.41, 5.74) is 0. The van der Waals surface area contributed by atoms with Crippen molar-refractivity contribution in [2.45, 2.75) is 31.8 Å². The summed E-state index contributed by atoms with van der Waals surface area (Å²) in [6.45, 7) is -0.207. The molecule has 5 nitrogen and oxygen atoms in total. The van der Waals surface area contributed by atoms with Gasteiger partial charge >= 0.3 is 5.97 Å². The van der Waals surface area contributed by atoms with Gasteiger partial charge in [-0.15, -0.1) is 0 Å². The molecular formula is C9H15NO4. The molecule has 1 saturated carbocycles. The lowest BCUT2D eigenvalue weighted by molar-refractivity contribution is -0.146. The number of carbonyl (C=O) groups is 2. The number of aliphatic hydroxyl groups excluding tert-OH is 1. The molecule has 0 bridgehead atoms. The first-order valence-corrected chi connectivity index (χ1v) is 4.77. The maximum Gasteiger partial charge on any atom is 0.334 e. The number of aliphatic hydroxyl groups is 1. The van der Waals surface area contributed by atoms with Crippen LogP contribution in [-0.4, -0.2) is 34.7 Å². The summed E-state index contributed by atoms with van der Waals surface area (Å²) in [6, 6.07) is 0. The molecule has 1 aliphatic rings. The average Bonchev–Trinajstić information content (AvgIpc) is 2.07. The van der Waals surface area contributed by atoms with Gasteiger partial charge in [-0.1, -0.05) is 6.42 Å². The second-order valence-corrected chi connectivity index (χ2v) is 3.66. The van der Waals surface area contributed by atoms with Crippen molar-refractivity contribution in [1.82, 2.24) is 5.32 Å². The summed E-state index contributed by atoms with van der Waals surface area (Å²) < 4.78 is 0. The van der Waals surface area contributed by atoms with Crippen molar-refractivity contribution in [3.63, 3.8) is 0 Å². The molecule has 0 aromatic heterocycles. The number of hydrogen-bond donors (Lipinski definition) is 3. The predicted octanol–water partition coefficient (Wildman–Crippen LogP) is -0.262. The predicted molar refractivity (Wildman–Crippen MR) is 48.6 cm³/mol. The maximum atomic E-state index is 11.2. The van der Waals surface area contributed by atoms with Crippen molar-refractivity contribution >= 4 is 11.9 Å². The molecule has 1 unspecified atom stereocenters. The highest BCUT2D eigenvalue weighted by molar-refractivity contribution is 5.78. The molecule has 80 valence electrons. The van der Waals surface area contributed by atoms with Gasteiger partial charge in [0.15, 0.2) is 6.10 Å². The van der Waals surface area contributed by atoms with E-state index in [1.54, 1.807) is 0 Å². The first kappa shape index (κ1) is 11.0. The molecule has 0 heterocycles. The van der Waals surface area contributed by atoms with E-state index in [9.17, 15) is 9.59 Å². The van der Waals surface area contributed by atoms with Gasteiger partial charge in [-0.05, 0) is 18.8 Å². The van der Waals surface area contributed by atoms with Gasteiger partial charge in [-0.25, -0.2) is 4.79 Å². The summed E-state index contributed by atoms with van der Waals surface area (Å²) in [6.07, 6.45) is 2.28. The van der Waals surface area contributed by atoms with Gasteiger partial charge in [-0.3, -0.25) is 4.79 Å². The Kier molecular flexibility index (Phi) is 3.88. The van der Waals surface area contributed by atoms with Crippen LogP contribution >= 0.6 is 0 Å². The summed E-state index contributed by atoms with van der Waals surface area (Å²) >= 11 is 0. The second-order valence-electron chi connectivity index (χ2n) is 3.66. The molecule has 0 saturated heterocycles. The molecule has 0 radical (unpaired) electrons. The van der Waals surface area contributed by atoms with Crippen LogP contribution in [0.5, 0.6) is 0 Å². The molecule has 3 N–H and O–H groups in total. The van der Waals surface area contributed by atoms with Crippen molar-refractivity contribution in [3.8, 4) is 0 Å². The Morgan fingerprint density at radius 2 is 2.07 bits per heavy atom. The third-order valence-corrected chi connectivity index (χ3v) is 2.48. The highest BCUT2D eigenvalue weighted by atomic mass is 16.4. The number of hydrogen-bond acceptors (Lipinski definition) is 3. The average molecular weight is 201 g/mol. The SMILES string of the molecule is O=C(CC1CCC1)NCC(O)C(=O)O. The zero-order chi connectivity index (χ0) is 10.6. The monoisotopic (exact) mass is 201 g/mol. The summed E-state index contributed by atoms with van der Waals surface area (Å²) in [5.74, 6) is -1.03. The van der Waals surface area contributed by atoms with Crippen LogP contribution in [0.3, 0.4) is 0 Å². The van der Waals surface area contributed by atoms with Crippen LogP contribution in [0, 0.1) is 5.92 Å². The molecule has 0 aromatic carbocycles. The molecule has 5 heteroatoms. The van der Waals surface area contributed by atoms with E-state index < -0.39 is 12.1 Å². The third-order valence-electron chi connectivity index (χ3n) is 2.48. The molecule has 1 fully saturated rings. The summed E-state index contributed by atoms with van der Waals surface area (Å²) in [4.78, 5) is 21.4. The summed E-state index contributed by atoms with van der Waals surface area (Å²) in [7, 11) is 0. The van der Waals surface area contributed by atoms with Crippen molar-refractivity contribution in [2.24, 2.45) is 5.92 Å². The number of aliphatic carboxylic acids is 1. The molecule has 1 rings (SSSR count). The normalized spacial score (nSPS) is 18.4. The zero-order valence-electron chi connectivity index (χ0n) is 7.90. The molecular weight excluding hydrogens is 186 g/mol. The summed E-state index contributed by atoms with van der Waals surface area (Å²) in [5, 5.41) is 19.6. The molecule has 0 aliphatic heterocycles. The maximum absolute atomic E-state index is 11.2. The standard InChI is InChI=1S/C9H15NO4/c11-7(9(13)14)5-10-8(12)4-6-2-1-3-6/h6-7,11H,1-5H2,(H,10,12)(H,13,14). The van der Waals surface area contributed by atoms with Crippen molar-refractivity contribution in [1.29, 1.82) is 0 Å². The van der Waals surface area contributed by atoms with Gasteiger partial charge < -0.3 is 15.5 Å². The number of amides is 1. The van der Waals surface area contributed by atoms with Gasteiger partial charge in [-0.2, -0.15) is 0 Å². The minimum Gasteiger partial charge on any atom is -0.479 e. The minimum atomic E-state index is -1.50. The lowest BCUT2D eigenvalue weighted by Gasteiger charge is -2.24. The Morgan fingerprint density at radius 3 is 2.50 bits per heavy atom. The number of carboxylic acids is 1. The van der Waals surface area contributed by atoms with Crippen LogP contribution in [0.2, 0.25) is 0 Å². The van der Waals surface area contributed by atoms with Crippen LogP contribution in [0.15, 0.2) is 0 Å². The fraction of sp³-hybridized carbons (Fsp3) is 0.778. The van der Waals surface area contributed by atoms with Crippen LogP contribution in [-0.2, 0) is 9.59 Å². The van der Waals surface area contributed by atoms with Crippen molar-refractivity contribution < 1.29 is 19.8 Å². The van der Waals surface area contributed by atoms with Gasteiger partial charge in [0.1, 0.15) is 0 Å². The zero-order valence-corrected chi connectivity index (χ0v) is 7.90. The fourth-order valence-corrected chi connectivity index (χ4v) is 1.33. The van der Waals surface area contributed by atoms with E-state index in [1.807, 2.05) is 0 Å². The van der Waals surface area contributed by atoms with Crippen molar-refractivity contribution in [2.75, 3.05) is 6.54 Å². The number of nitrogens with one attached hydrogen (secondary N) is 1. The van der Waals surface area contributed by atoms with Crippen LogP contribution < -0.4 is 5.32 Å². The van der Waals surface area contributed by atoms with E-state index >= 15 is 0 Å². The highest BCUT2D eigenvalue weighted by Crippen LogP contribution is 2.28. The molecule has 0 aromatic rings. The molecule has 1 amide bonds. The van der Waals surface area contributed by atoms with E-state index in [4.69, 9.17) is 10.2 Å². The van der Waals surface area contributed by atoms with E-state index in [0.29, 0.717) is 12.3 Å². The lowest BCUT2D eigenvalue weighted by atomic mass is 9.83. The Morgan fingerprint density at radius 1 is 1.43 bits per heavy atom. The van der Waals surface area contributed by atoms with Crippen LogP contribution in [0.1, 0.15) is 25.7 Å². The van der Waals surface area contributed by atoms with E-state index in [-0.39, 0.29) is 12.5 Å². The second kappa shape index (κ2) is 4.95. The van der Waals surface area contributed by atoms with E-state index in [1.165, 1.54) is 6.42 Å². The van der Waals surface area contributed by atoms with Crippen LogP contribution in [0.4, 0.5) is 0 Å². The highest BCUT2D eigenvalue weighted by Gasteiger charge is 2.21. The molecule has 0 spiro atoms. The fourth-order valence-electron chi connectivity index (χ4n) is 1.33. The first-order valence-electron chi connectivity index (χ1n) is 4.77. The smallest absolute Gasteiger partial charge is 0.334 e. The largest absolute Gasteiger partial charge is 0.479 e. The van der Waals surface area contributed by atoms with E-state index in [2.05, 4.69) is 5.32 Å². The first-order chi connectivity index (χ1) is 6.59. The molecule has 1 atom stereocenters. The third kappa shape index (κ3) is 3.33. The molecule has 1 aliphatic carbocycles. The number of carboxylic acid groups (broad SMARTS) is 1. The van der Waals surface area contributed by atoms with Crippen LogP contribution in [0.25, 0.3) is 0 Å². The van der Waals surface area contributed by atoms with Gasteiger partial charge in [0, 0.05) is 6.42 Å². The lowest BCUT2D eigenvalue weighted by Crippen LogP contribution is -2.37. The Balaban J connectivity index is 2.10. The van der Waals surface area contributed by atoms with E-state index in [0.717, 1.165) is 12.8 Å². The van der Waals surface area contributed by atoms with Gasteiger partial charge in [0.05, 0.1) is 6.54 Å². The van der Waals surface area contributed by atoms with Crippen molar-refractivity contribution in [3.05, 3.63) is 0 Å². The molecule has 14 heavy (non-hydrogen) atoms. The number of carbonyl (C=O) groups excluding carboxylic acids is 1. The van der Waals surface area contributed by atoms with Gasteiger partial charge in [0.2, 0.25) is 5.91 Å².